The monoisotopic (exact) mass is 660 g/mol. The number of ether oxygens (including phenoxy) is 2. The van der Waals surface area contributed by atoms with E-state index >= 15 is 0 Å². The van der Waals surface area contributed by atoms with Crippen molar-refractivity contribution in [2.75, 3.05) is 19.8 Å². The lowest BCUT2D eigenvalue weighted by molar-refractivity contribution is -0.211. The highest BCUT2D eigenvalue weighted by atomic mass is 16.6. The molecule has 2 saturated heterocycles. The lowest BCUT2D eigenvalue weighted by Gasteiger charge is -2.43. The molecule has 0 aromatic rings. The summed E-state index contributed by atoms with van der Waals surface area (Å²) in [7, 11) is 0. The van der Waals surface area contributed by atoms with E-state index in [0.29, 0.717) is 13.0 Å². The van der Waals surface area contributed by atoms with E-state index in [9.17, 15) is 29.7 Å². The summed E-state index contributed by atoms with van der Waals surface area (Å²) < 4.78 is 10.2. The lowest BCUT2D eigenvalue weighted by atomic mass is 9.94. The highest BCUT2D eigenvalue weighted by Crippen LogP contribution is 2.30. The highest BCUT2D eigenvalue weighted by Gasteiger charge is 2.54. The highest BCUT2D eigenvalue weighted by molar-refractivity contribution is 5.73. The third kappa shape index (κ3) is 21.0. The number of aliphatic hydroxyl groups is 3. The average Bonchev–Trinajstić information content (AvgIpc) is 3.43. The molecule has 0 bridgehead atoms. The normalized spacial score (nSPS) is 21.7. The molecule has 0 aromatic carbocycles. The van der Waals surface area contributed by atoms with Gasteiger partial charge in [0.1, 0.15) is 31.0 Å². The Kier molecular flexibility index (Phi) is 29.1. The van der Waals surface area contributed by atoms with Crippen LogP contribution in [0.1, 0.15) is 156 Å². The summed E-state index contributed by atoms with van der Waals surface area (Å²) in [4.78, 5) is 33.0. The molecule has 5 unspecified atom stereocenters. The smallest absolute Gasteiger partial charge is 0.412 e. The Balaban J connectivity index is 0.000000665. The molecule has 11 nitrogen and oxygen atoms in total. The minimum Gasteiger partial charge on any atom is -0.447 e. The molecule has 0 radical (unpaired) electrons. The second-order valence-electron chi connectivity index (χ2n) is 12.6. The van der Waals surface area contributed by atoms with Crippen molar-refractivity contribution in [1.82, 2.24) is 10.2 Å². The van der Waals surface area contributed by atoms with E-state index in [1.165, 1.54) is 103 Å². The first-order chi connectivity index (χ1) is 22.3. The SMILES string of the molecule is CCCCCCCCCCCC(N)=O.CCCCCCCCCCCCNC=O.CCCOC1C(O)C(O)C(O)C2COC(=O)N21. The van der Waals surface area contributed by atoms with Gasteiger partial charge in [-0.3, -0.25) is 14.5 Å². The first-order valence-corrected chi connectivity index (χ1v) is 18.3. The van der Waals surface area contributed by atoms with E-state index in [1.807, 2.05) is 6.92 Å². The van der Waals surface area contributed by atoms with Gasteiger partial charge in [-0.15, -0.1) is 0 Å². The van der Waals surface area contributed by atoms with Crippen molar-refractivity contribution >= 4 is 18.4 Å². The molecule has 3 amide bonds. The Bertz CT molecular complexity index is 745. The van der Waals surface area contributed by atoms with E-state index in [4.69, 9.17) is 15.2 Å². The quantitative estimate of drug-likeness (QED) is 0.0613. The summed E-state index contributed by atoms with van der Waals surface area (Å²) in [6.07, 6.45) is 21.6. The fourth-order valence-corrected chi connectivity index (χ4v) is 5.57. The number of primary amides is 1. The molecular formula is C35H69N3O8. The standard InChI is InChI=1S/C13H27NO.C12H25NO.C10H17NO6/c1-2-3-4-5-6-7-8-9-10-11-12-14-13-15;1-2-3-4-5-6-7-8-9-10-11-12(13)14;1-2-3-16-9-8(14)7(13)6(12)5-4-17-10(15)11(5)9/h13H,2-12H2,1H3,(H,14,15);2-11H2,1H3,(H2,13,14);5-9,12-14H,2-4H2,1H3. The summed E-state index contributed by atoms with van der Waals surface area (Å²) in [5.74, 6) is -0.159. The molecule has 46 heavy (non-hydrogen) atoms. The molecule has 2 fully saturated rings. The fourth-order valence-electron chi connectivity index (χ4n) is 5.57. The zero-order chi connectivity index (χ0) is 34.4. The van der Waals surface area contributed by atoms with Crippen LogP contribution in [0.2, 0.25) is 0 Å². The number of aliphatic hydroxyl groups excluding tert-OH is 3. The second-order valence-corrected chi connectivity index (χ2v) is 12.6. The largest absolute Gasteiger partial charge is 0.447 e. The summed E-state index contributed by atoms with van der Waals surface area (Å²) in [5, 5.41) is 31.9. The number of nitrogens with two attached hydrogens (primary N) is 1. The molecule has 2 rings (SSSR count). The fraction of sp³-hybridized carbons (Fsp3) is 0.914. The average molecular weight is 660 g/mol. The third-order valence-electron chi connectivity index (χ3n) is 8.38. The Morgan fingerprint density at radius 2 is 1.26 bits per heavy atom. The van der Waals surface area contributed by atoms with Crippen molar-refractivity contribution < 1.29 is 39.2 Å². The van der Waals surface area contributed by atoms with Gasteiger partial charge in [-0.05, 0) is 19.3 Å². The van der Waals surface area contributed by atoms with Gasteiger partial charge in [-0.1, -0.05) is 130 Å². The first kappa shape index (κ1) is 44.0. The van der Waals surface area contributed by atoms with Crippen LogP contribution in [0.5, 0.6) is 0 Å². The van der Waals surface area contributed by atoms with Crippen LogP contribution >= 0.6 is 0 Å². The Morgan fingerprint density at radius 3 is 1.72 bits per heavy atom. The Morgan fingerprint density at radius 1 is 0.783 bits per heavy atom. The number of rotatable bonds is 25. The predicted octanol–water partition coefficient (Wildman–Crippen LogP) is 5.70. The van der Waals surface area contributed by atoms with Crippen molar-refractivity contribution in [3.8, 4) is 0 Å². The molecule has 2 aliphatic heterocycles. The zero-order valence-electron chi connectivity index (χ0n) is 29.3. The number of amides is 3. The number of cyclic esters (lactones) is 1. The molecule has 11 heteroatoms. The maximum Gasteiger partial charge on any atom is 0.412 e. The van der Waals surface area contributed by atoms with E-state index in [1.54, 1.807) is 0 Å². The molecule has 6 N–H and O–H groups in total. The summed E-state index contributed by atoms with van der Waals surface area (Å²) in [6.45, 7) is 7.58. The number of unbranched alkanes of at least 4 members (excludes halogenated alkanes) is 17. The van der Waals surface area contributed by atoms with Gasteiger partial charge in [0, 0.05) is 19.6 Å². The topological polar surface area (TPSA) is 172 Å². The third-order valence-corrected chi connectivity index (χ3v) is 8.38. The van der Waals surface area contributed by atoms with Gasteiger partial charge < -0.3 is 35.8 Å². The van der Waals surface area contributed by atoms with Crippen LogP contribution in [-0.2, 0) is 19.1 Å². The second kappa shape index (κ2) is 30.4. The van der Waals surface area contributed by atoms with Gasteiger partial charge in [-0.2, -0.15) is 0 Å². The van der Waals surface area contributed by atoms with Crippen LogP contribution in [0.4, 0.5) is 4.79 Å². The van der Waals surface area contributed by atoms with E-state index in [2.05, 4.69) is 19.2 Å². The molecule has 2 heterocycles. The number of carbonyl (C=O) groups excluding carboxylic acids is 3. The van der Waals surface area contributed by atoms with Crippen molar-refractivity contribution in [2.24, 2.45) is 5.73 Å². The van der Waals surface area contributed by atoms with Gasteiger partial charge >= 0.3 is 6.09 Å². The molecular weight excluding hydrogens is 590 g/mol. The van der Waals surface area contributed by atoms with Crippen molar-refractivity contribution in [2.45, 2.75) is 186 Å². The first-order valence-electron chi connectivity index (χ1n) is 18.3. The van der Waals surface area contributed by atoms with Gasteiger partial charge in [0.2, 0.25) is 12.3 Å². The number of nitrogens with zero attached hydrogens (tertiary/aromatic N) is 1. The van der Waals surface area contributed by atoms with Crippen molar-refractivity contribution in [1.29, 1.82) is 0 Å². The van der Waals surface area contributed by atoms with Crippen LogP contribution in [0.3, 0.4) is 0 Å². The van der Waals surface area contributed by atoms with Crippen LogP contribution in [0.25, 0.3) is 0 Å². The molecule has 0 aromatic heterocycles. The minimum atomic E-state index is -1.34. The predicted molar refractivity (Wildman–Crippen MR) is 182 cm³/mol. The van der Waals surface area contributed by atoms with E-state index in [0.717, 1.165) is 43.5 Å². The maximum atomic E-state index is 11.5. The number of hydrogen-bond acceptors (Lipinski definition) is 8. The number of nitrogens with one attached hydrogen (secondary N) is 1. The summed E-state index contributed by atoms with van der Waals surface area (Å²) in [6, 6.07) is -0.664. The van der Waals surface area contributed by atoms with Crippen molar-refractivity contribution in [3.63, 3.8) is 0 Å². The molecule has 0 aliphatic carbocycles. The molecule has 272 valence electrons. The molecule has 0 spiro atoms. The Labute approximate surface area is 279 Å². The van der Waals surface area contributed by atoms with E-state index < -0.39 is 36.7 Å². The minimum absolute atomic E-state index is 0.00420. The van der Waals surface area contributed by atoms with Crippen LogP contribution in [-0.4, -0.2) is 89.0 Å². The number of piperidine rings is 1. The number of carbonyl (C=O) groups is 3. The summed E-state index contributed by atoms with van der Waals surface area (Å²) >= 11 is 0. The van der Waals surface area contributed by atoms with Crippen LogP contribution < -0.4 is 11.1 Å². The Hall–Kier alpha value is -1.95. The van der Waals surface area contributed by atoms with Gasteiger partial charge in [-0.25, -0.2) is 4.79 Å². The molecule has 0 saturated carbocycles. The maximum absolute atomic E-state index is 11.5. The van der Waals surface area contributed by atoms with Crippen molar-refractivity contribution in [3.05, 3.63) is 0 Å². The van der Waals surface area contributed by atoms with Gasteiger partial charge in [0.05, 0.1) is 0 Å². The lowest BCUT2D eigenvalue weighted by Crippen LogP contribution is -2.66. The molecule has 5 atom stereocenters. The number of fused-ring (bicyclic) bond motifs is 1. The number of hydrogen-bond donors (Lipinski definition) is 5. The van der Waals surface area contributed by atoms with Gasteiger partial charge in [0.25, 0.3) is 0 Å². The summed E-state index contributed by atoms with van der Waals surface area (Å²) in [5.41, 5.74) is 5.05. The molecule has 2 aliphatic rings. The van der Waals surface area contributed by atoms with E-state index in [-0.39, 0.29) is 12.5 Å². The van der Waals surface area contributed by atoms with Crippen LogP contribution in [0.15, 0.2) is 0 Å². The van der Waals surface area contributed by atoms with Crippen LogP contribution in [0, 0.1) is 0 Å². The zero-order valence-corrected chi connectivity index (χ0v) is 29.3. The van der Waals surface area contributed by atoms with Gasteiger partial charge in [0.15, 0.2) is 6.23 Å².